The molecule has 1 unspecified atom stereocenters. The fraction of sp³-hybridized carbons (Fsp3) is 0.278. The zero-order valence-electron chi connectivity index (χ0n) is 12.6. The zero-order valence-corrected chi connectivity index (χ0v) is 12.6. The number of benzene rings is 2. The molecule has 2 aromatic rings. The molecular formula is C18H20N2O2. The van der Waals surface area contributed by atoms with Gasteiger partial charge in [0.25, 0.3) is 0 Å². The Morgan fingerprint density at radius 2 is 1.86 bits per heavy atom. The molecule has 0 aromatic heterocycles. The van der Waals surface area contributed by atoms with Crippen molar-refractivity contribution in [1.29, 1.82) is 0 Å². The van der Waals surface area contributed by atoms with E-state index in [0.29, 0.717) is 6.54 Å². The number of hydrogen-bond donors (Lipinski definition) is 2. The number of nitrogens with two attached hydrogens (primary N) is 1. The molecule has 0 aliphatic carbocycles. The minimum absolute atomic E-state index is 0.171. The van der Waals surface area contributed by atoms with Crippen molar-refractivity contribution in [2.45, 2.75) is 18.9 Å². The average molecular weight is 296 g/mol. The molecule has 1 heterocycles. The SMILES string of the molecule is COc1ccccc1-c1cccc(C2=NC(CN)CC2)c1O. The summed E-state index contributed by atoms with van der Waals surface area (Å²) in [7, 11) is 1.63. The second-order valence-corrected chi connectivity index (χ2v) is 5.41. The topological polar surface area (TPSA) is 67.8 Å². The van der Waals surface area contributed by atoms with Gasteiger partial charge < -0.3 is 15.6 Å². The van der Waals surface area contributed by atoms with Gasteiger partial charge in [0.05, 0.1) is 13.2 Å². The number of aliphatic imine (C=N–C) groups is 1. The summed E-state index contributed by atoms with van der Waals surface area (Å²) < 4.78 is 5.40. The number of methoxy groups -OCH3 is 1. The van der Waals surface area contributed by atoms with E-state index in [9.17, 15) is 5.11 Å². The molecule has 114 valence electrons. The molecule has 1 aliphatic rings. The molecule has 0 bridgehead atoms. The number of phenols is 1. The third kappa shape index (κ3) is 2.57. The van der Waals surface area contributed by atoms with Crippen molar-refractivity contribution in [1.82, 2.24) is 0 Å². The molecule has 4 heteroatoms. The molecule has 0 spiro atoms. The van der Waals surface area contributed by atoms with E-state index >= 15 is 0 Å². The maximum atomic E-state index is 10.7. The van der Waals surface area contributed by atoms with Gasteiger partial charge in [-0.25, -0.2) is 0 Å². The Balaban J connectivity index is 2.07. The lowest BCUT2D eigenvalue weighted by Crippen LogP contribution is -2.14. The lowest BCUT2D eigenvalue weighted by atomic mass is 9.97. The molecule has 1 aliphatic heterocycles. The van der Waals surface area contributed by atoms with E-state index in [4.69, 9.17) is 10.5 Å². The minimum atomic E-state index is 0.171. The van der Waals surface area contributed by atoms with Crippen LogP contribution >= 0.6 is 0 Å². The van der Waals surface area contributed by atoms with Crippen molar-refractivity contribution in [3.05, 3.63) is 48.0 Å². The molecule has 0 saturated heterocycles. The average Bonchev–Trinajstić information content (AvgIpc) is 3.04. The predicted octanol–water partition coefficient (Wildman–Crippen LogP) is 2.98. The van der Waals surface area contributed by atoms with E-state index in [2.05, 4.69) is 4.99 Å². The number of aromatic hydroxyl groups is 1. The van der Waals surface area contributed by atoms with E-state index in [-0.39, 0.29) is 11.8 Å². The van der Waals surface area contributed by atoms with Gasteiger partial charge in [-0.2, -0.15) is 0 Å². The summed E-state index contributed by atoms with van der Waals surface area (Å²) in [6, 6.07) is 13.6. The van der Waals surface area contributed by atoms with Gasteiger partial charge >= 0.3 is 0 Å². The van der Waals surface area contributed by atoms with Gasteiger partial charge in [0.2, 0.25) is 0 Å². The standard InChI is InChI=1S/C18H20N2O2/c1-22-17-8-3-2-5-13(17)14-6-4-7-15(18(14)21)16-10-9-12(11-19)20-16/h2-8,12,21H,9-11,19H2,1H3. The number of ether oxygens (including phenoxy) is 1. The summed E-state index contributed by atoms with van der Waals surface area (Å²) in [5.41, 5.74) is 9.04. The fourth-order valence-electron chi connectivity index (χ4n) is 2.89. The van der Waals surface area contributed by atoms with Crippen molar-refractivity contribution in [2.75, 3.05) is 13.7 Å². The first-order valence-corrected chi connectivity index (χ1v) is 7.47. The van der Waals surface area contributed by atoms with Crippen LogP contribution in [0, 0.1) is 0 Å². The number of rotatable bonds is 4. The first-order valence-electron chi connectivity index (χ1n) is 7.47. The third-order valence-corrected chi connectivity index (χ3v) is 4.07. The normalized spacial score (nSPS) is 17.4. The molecule has 0 radical (unpaired) electrons. The number of para-hydroxylation sites is 2. The van der Waals surface area contributed by atoms with Crippen molar-refractivity contribution in [2.24, 2.45) is 10.7 Å². The summed E-state index contributed by atoms with van der Waals surface area (Å²) in [5.74, 6) is 0.992. The van der Waals surface area contributed by atoms with Crippen LogP contribution in [-0.2, 0) is 0 Å². The van der Waals surface area contributed by atoms with Crippen molar-refractivity contribution in [3.8, 4) is 22.6 Å². The molecule has 4 nitrogen and oxygen atoms in total. The van der Waals surface area contributed by atoms with Crippen LogP contribution in [0.15, 0.2) is 47.5 Å². The Hall–Kier alpha value is -2.33. The molecule has 0 fully saturated rings. The number of hydrogen-bond acceptors (Lipinski definition) is 4. The van der Waals surface area contributed by atoms with Crippen LogP contribution in [0.1, 0.15) is 18.4 Å². The molecule has 3 rings (SSSR count). The Morgan fingerprint density at radius 1 is 1.14 bits per heavy atom. The number of nitrogens with zero attached hydrogens (tertiary/aromatic N) is 1. The Kier molecular flexibility index (Phi) is 4.11. The lowest BCUT2D eigenvalue weighted by molar-refractivity contribution is 0.415. The second kappa shape index (κ2) is 6.20. The van der Waals surface area contributed by atoms with Gasteiger partial charge in [0.1, 0.15) is 11.5 Å². The lowest BCUT2D eigenvalue weighted by Gasteiger charge is -2.13. The molecule has 3 N–H and O–H groups in total. The van der Waals surface area contributed by atoms with Crippen LogP contribution in [0.4, 0.5) is 0 Å². The van der Waals surface area contributed by atoms with E-state index in [1.165, 1.54) is 0 Å². The maximum absolute atomic E-state index is 10.7. The zero-order chi connectivity index (χ0) is 15.5. The van der Waals surface area contributed by atoms with Crippen LogP contribution in [0.3, 0.4) is 0 Å². The van der Waals surface area contributed by atoms with Crippen LogP contribution < -0.4 is 10.5 Å². The van der Waals surface area contributed by atoms with E-state index in [0.717, 1.165) is 41.0 Å². The highest BCUT2D eigenvalue weighted by molar-refractivity contribution is 6.05. The maximum Gasteiger partial charge on any atom is 0.132 e. The Morgan fingerprint density at radius 3 is 2.59 bits per heavy atom. The van der Waals surface area contributed by atoms with Crippen LogP contribution in [-0.4, -0.2) is 30.5 Å². The highest BCUT2D eigenvalue weighted by Crippen LogP contribution is 2.38. The Bertz CT molecular complexity index is 710. The smallest absolute Gasteiger partial charge is 0.132 e. The number of phenolic OH excluding ortho intramolecular Hbond substituents is 1. The van der Waals surface area contributed by atoms with Crippen molar-refractivity contribution >= 4 is 5.71 Å². The van der Waals surface area contributed by atoms with E-state index in [1.807, 2.05) is 42.5 Å². The van der Waals surface area contributed by atoms with E-state index in [1.54, 1.807) is 7.11 Å². The molecular weight excluding hydrogens is 276 g/mol. The summed E-state index contributed by atoms with van der Waals surface area (Å²) in [6.45, 7) is 0.552. The fourth-order valence-corrected chi connectivity index (χ4v) is 2.89. The third-order valence-electron chi connectivity index (χ3n) is 4.07. The largest absolute Gasteiger partial charge is 0.507 e. The molecule has 22 heavy (non-hydrogen) atoms. The summed E-state index contributed by atoms with van der Waals surface area (Å²) in [6.07, 6.45) is 1.80. The van der Waals surface area contributed by atoms with Gasteiger partial charge in [-0.1, -0.05) is 30.3 Å². The van der Waals surface area contributed by atoms with E-state index < -0.39 is 0 Å². The first-order chi connectivity index (χ1) is 10.7. The van der Waals surface area contributed by atoms with Crippen LogP contribution in [0.2, 0.25) is 0 Å². The quantitative estimate of drug-likeness (QED) is 0.911. The summed E-state index contributed by atoms with van der Waals surface area (Å²) in [5, 5.41) is 10.7. The van der Waals surface area contributed by atoms with Crippen LogP contribution in [0.25, 0.3) is 11.1 Å². The van der Waals surface area contributed by atoms with Gasteiger partial charge in [-0.15, -0.1) is 0 Å². The van der Waals surface area contributed by atoms with Gasteiger partial charge in [0.15, 0.2) is 0 Å². The molecule has 0 amide bonds. The predicted molar refractivity (Wildman–Crippen MR) is 88.7 cm³/mol. The highest BCUT2D eigenvalue weighted by atomic mass is 16.5. The highest BCUT2D eigenvalue weighted by Gasteiger charge is 2.21. The van der Waals surface area contributed by atoms with Crippen molar-refractivity contribution in [3.63, 3.8) is 0 Å². The minimum Gasteiger partial charge on any atom is -0.507 e. The second-order valence-electron chi connectivity index (χ2n) is 5.41. The van der Waals surface area contributed by atoms with Gasteiger partial charge in [0, 0.05) is 28.9 Å². The van der Waals surface area contributed by atoms with Gasteiger partial charge in [-0.3, -0.25) is 4.99 Å². The summed E-state index contributed by atoms with van der Waals surface area (Å²) in [4.78, 5) is 4.62. The van der Waals surface area contributed by atoms with Crippen LogP contribution in [0.5, 0.6) is 11.5 Å². The van der Waals surface area contributed by atoms with Crippen molar-refractivity contribution < 1.29 is 9.84 Å². The molecule has 1 atom stereocenters. The van der Waals surface area contributed by atoms with Gasteiger partial charge in [-0.05, 0) is 25.0 Å². The Labute approximate surface area is 130 Å². The molecule has 0 saturated carbocycles. The first kappa shape index (κ1) is 14.6. The summed E-state index contributed by atoms with van der Waals surface area (Å²) >= 11 is 0. The molecule has 2 aromatic carbocycles. The monoisotopic (exact) mass is 296 g/mol.